The van der Waals surface area contributed by atoms with Crippen molar-refractivity contribution in [3.63, 3.8) is 0 Å². The van der Waals surface area contributed by atoms with Crippen molar-refractivity contribution < 1.29 is 26.4 Å². The number of halogens is 4. The average Bonchev–Trinajstić information content (AvgIpc) is 3.03. The van der Waals surface area contributed by atoms with E-state index < -0.39 is 28.7 Å². The Morgan fingerprint density at radius 2 is 0.688 bits per heavy atom. The van der Waals surface area contributed by atoms with Crippen LogP contribution >= 0.6 is 0 Å². The number of benzene rings is 12. The van der Waals surface area contributed by atoms with E-state index in [-0.39, 0.29) is 0 Å². The molecular formula is C73H41F4NO2. The van der Waals surface area contributed by atoms with E-state index in [9.17, 15) is 0 Å². The van der Waals surface area contributed by atoms with Gasteiger partial charge in [-0.15, -0.1) is 0 Å². The molecule has 2 aromatic heterocycles. The maximum Gasteiger partial charge on any atom is 0.143 e. The molecule has 3 nitrogen and oxygen atoms in total. The van der Waals surface area contributed by atoms with Gasteiger partial charge in [0.05, 0.1) is 5.41 Å². The summed E-state index contributed by atoms with van der Waals surface area (Å²) in [5.41, 5.74) is 17.0. The number of rotatable bonds is 7. The fourth-order valence-corrected chi connectivity index (χ4v) is 13.1. The third-order valence-electron chi connectivity index (χ3n) is 16.5. The molecule has 2 heterocycles. The van der Waals surface area contributed by atoms with Crippen molar-refractivity contribution in [1.82, 2.24) is 0 Å². The first-order valence-electron chi connectivity index (χ1n) is 26.5. The van der Waals surface area contributed by atoms with Crippen LogP contribution in [0, 0.1) is 23.3 Å². The Morgan fingerprint density at radius 3 is 1.21 bits per heavy atom. The van der Waals surface area contributed by atoms with Gasteiger partial charge in [0.15, 0.2) is 0 Å². The lowest BCUT2D eigenvalue weighted by molar-refractivity contribution is 0.625. The average molecular weight is 1040 g/mol. The lowest BCUT2D eigenvalue weighted by atomic mass is 9.68. The van der Waals surface area contributed by atoms with Gasteiger partial charge in [-0.05, 0) is 175 Å². The quantitative estimate of drug-likeness (QED) is 0.149. The summed E-state index contributed by atoms with van der Waals surface area (Å²) in [4.78, 5) is 2.18. The fraction of sp³-hybridized carbons (Fsp3) is 0.0137. The van der Waals surface area contributed by atoms with Gasteiger partial charge in [-0.25, -0.2) is 17.6 Å². The van der Waals surface area contributed by atoms with Crippen LogP contribution in [0.3, 0.4) is 0 Å². The molecule has 0 aliphatic heterocycles. The summed E-state index contributed by atoms with van der Waals surface area (Å²) in [7, 11) is 0. The molecule has 0 N–H and O–H groups in total. The topological polar surface area (TPSA) is 29.5 Å². The van der Waals surface area contributed by atoms with Gasteiger partial charge < -0.3 is 13.7 Å². The molecule has 12 aromatic carbocycles. The summed E-state index contributed by atoms with van der Waals surface area (Å²) in [6.07, 6.45) is 0. The Morgan fingerprint density at radius 1 is 0.275 bits per heavy atom. The van der Waals surface area contributed by atoms with Crippen LogP contribution in [-0.2, 0) is 5.41 Å². The zero-order valence-electron chi connectivity index (χ0n) is 42.4. The van der Waals surface area contributed by atoms with Gasteiger partial charge in [0.25, 0.3) is 0 Å². The van der Waals surface area contributed by atoms with E-state index in [0.29, 0.717) is 55.6 Å². The van der Waals surface area contributed by atoms with Crippen molar-refractivity contribution in [2.45, 2.75) is 5.41 Å². The van der Waals surface area contributed by atoms with Crippen LogP contribution in [0.2, 0.25) is 0 Å². The van der Waals surface area contributed by atoms with Crippen molar-refractivity contribution in [3.05, 3.63) is 294 Å². The minimum absolute atomic E-state index is 0.473. The zero-order valence-corrected chi connectivity index (χ0v) is 42.4. The summed E-state index contributed by atoms with van der Waals surface area (Å²) < 4.78 is 75.6. The van der Waals surface area contributed by atoms with Gasteiger partial charge in [0, 0.05) is 49.7 Å². The molecule has 0 radical (unpaired) electrons. The lowest BCUT2D eigenvalue weighted by Gasteiger charge is -2.32. The molecule has 0 atom stereocenters. The zero-order chi connectivity index (χ0) is 53.4. The van der Waals surface area contributed by atoms with E-state index in [4.69, 9.17) is 8.83 Å². The van der Waals surface area contributed by atoms with Gasteiger partial charge in [-0.2, -0.15) is 0 Å². The van der Waals surface area contributed by atoms with Gasteiger partial charge >= 0.3 is 0 Å². The second-order valence-electron chi connectivity index (χ2n) is 20.8. The Kier molecular flexibility index (Phi) is 9.98. The first-order chi connectivity index (χ1) is 39.3. The molecule has 80 heavy (non-hydrogen) atoms. The summed E-state index contributed by atoms with van der Waals surface area (Å²) >= 11 is 0. The standard InChI is InChI=1S/C73H41F4NO2/c74-47-26-33-65-61(37-47)62-38-48(75)27-34-66(62)73(65)67-35-28-49(76)39-63(67)64-41-50(77)40-60(70(64)73)46-8-5-9-53(36-46)78(52-31-24-45(25-32-52)55-13-7-15-59-57-11-2-4-17-69(57)80-72(55)59)51-29-22-43(23-30-51)42-18-20-44(21-19-42)54-12-6-14-58-56-10-1-3-16-68(56)79-71(54)58/h1-41H. The summed E-state index contributed by atoms with van der Waals surface area (Å²) in [5, 5.41) is 4.27. The van der Waals surface area contributed by atoms with E-state index in [1.54, 1.807) is 18.2 Å². The van der Waals surface area contributed by atoms with E-state index in [2.05, 4.69) is 132 Å². The molecule has 7 heteroatoms. The van der Waals surface area contributed by atoms with Crippen LogP contribution in [0.15, 0.2) is 258 Å². The number of hydrogen-bond acceptors (Lipinski definition) is 3. The molecule has 0 saturated heterocycles. The minimum atomic E-state index is -1.17. The maximum absolute atomic E-state index is 16.6. The summed E-state index contributed by atoms with van der Waals surface area (Å²) in [6, 6.07) is 78.8. The van der Waals surface area contributed by atoms with Gasteiger partial charge in [-0.3, -0.25) is 0 Å². The number of anilines is 3. The molecule has 2 aliphatic carbocycles. The van der Waals surface area contributed by atoms with Crippen LogP contribution in [0.25, 0.3) is 111 Å². The van der Waals surface area contributed by atoms with Crippen LogP contribution in [0.4, 0.5) is 34.6 Å². The molecule has 0 saturated carbocycles. The van der Waals surface area contributed by atoms with Crippen LogP contribution in [0.5, 0.6) is 0 Å². The molecule has 378 valence electrons. The molecule has 0 bridgehead atoms. The highest BCUT2D eigenvalue weighted by Gasteiger charge is 2.53. The maximum atomic E-state index is 16.6. The summed E-state index contributed by atoms with van der Waals surface area (Å²) in [6.45, 7) is 0. The number of para-hydroxylation sites is 4. The third-order valence-corrected chi connectivity index (χ3v) is 16.5. The second-order valence-corrected chi connectivity index (χ2v) is 20.8. The van der Waals surface area contributed by atoms with Crippen LogP contribution in [0.1, 0.15) is 22.3 Å². The number of nitrogens with zero attached hydrogens (tertiary/aromatic N) is 1. The Balaban J connectivity index is 0.837. The molecule has 0 amide bonds. The van der Waals surface area contributed by atoms with Crippen molar-refractivity contribution in [2.75, 3.05) is 4.90 Å². The highest BCUT2D eigenvalue weighted by molar-refractivity contribution is 6.11. The highest BCUT2D eigenvalue weighted by Crippen LogP contribution is 2.65. The minimum Gasteiger partial charge on any atom is -0.455 e. The van der Waals surface area contributed by atoms with Crippen molar-refractivity contribution in [2.24, 2.45) is 0 Å². The molecule has 0 fully saturated rings. The lowest BCUT2D eigenvalue weighted by Crippen LogP contribution is -2.27. The number of hydrogen-bond donors (Lipinski definition) is 0. The number of fused-ring (bicyclic) bond motifs is 16. The molecule has 2 aliphatic rings. The fourth-order valence-electron chi connectivity index (χ4n) is 13.1. The molecular weight excluding hydrogens is 999 g/mol. The number of furan rings is 2. The molecule has 16 rings (SSSR count). The van der Waals surface area contributed by atoms with E-state index in [1.807, 2.05) is 54.6 Å². The first-order valence-corrected chi connectivity index (χ1v) is 26.5. The Bertz CT molecular complexity index is 4810. The van der Waals surface area contributed by atoms with Crippen molar-refractivity contribution >= 4 is 60.9 Å². The molecule has 14 aromatic rings. The largest absolute Gasteiger partial charge is 0.455 e. The normalized spacial score (nSPS) is 12.8. The van der Waals surface area contributed by atoms with Gasteiger partial charge in [0.2, 0.25) is 0 Å². The van der Waals surface area contributed by atoms with Crippen LogP contribution in [-0.4, -0.2) is 0 Å². The predicted octanol–water partition coefficient (Wildman–Crippen LogP) is 20.5. The first kappa shape index (κ1) is 45.9. The van der Waals surface area contributed by atoms with Gasteiger partial charge in [-0.1, -0.05) is 152 Å². The smallest absolute Gasteiger partial charge is 0.143 e. The molecule has 1 spiro atoms. The van der Waals surface area contributed by atoms with Crippen LogP contribution < -0.4 is 4.90 Å². The highest BCUT2D eigenvalue weighted by atomic mass is 19.1. The van der Waals surface area contributed by atoms with E-state index in [1.165, 1.54) is 48.5 Å². The monoisotopic (exact) mass is 1040 g/mol. The Labute approximate surface area is 456 Å². The molecule has 0 unspecified atom stereocenters. The Hall–Kier alpha value is -10.2. The van der Waals surface area contributed by atoms with Gasteiger partial charge in [0.1, 0.15) is 45.6 Å². The third kappa shape index (κ3) is 6.80. The van der Waals surface area contributed by atoms with E-state index in [0.717, 1.165) is 94.3 Å². The van der Waals surface area contributed by atoms with E-state index >= 15 is 17.6 Å². The predicted molar refractivity (Wildman–Crippen MR) is 314 cm³/mol. The van der Waals surface area contributed by atoms with Crippen molar-refractivity contribution in [3.8, 4) is 66.8 Å². The summed E-state index contributed by atoms with van der Waals surface area (Å²) in [5.74, 6) is -1.93. The SMILES string of the molecule is Fc1ccc2c(c1)-c1cc(F)ccc1C21c2ccc(F)cc2-c2cc(F)cc(-c3cccc(N(c4ccc(-c5ccc(-c6cccc7c6oc6ccccc67)cc5)cc4)c4ccc(-c5cccc6c5oc5ccccc56)cc4)c3)c21. The second kappa shape index (κ2) is 17.4. The van der Waals surface area contributed by atoms with Crippen molar-refractivity contribution in [1.29, 1.82) is 0 Å².